The van der Waals surface area contributed by atoms with Crippen molar-refractivity contribution in [1.82, 2.24) is 0 Å². The fourth-order valence-electron chi connectivity index (χ4n) is 5.19. The van der Waals surface area contributed by atoms with Gasteiger partial charge in [-0.15, -0.1) is 4.89 Å². The lowest BCUT2D eigenvalue weighted by Crippen LogP contribution is -2.74. The molecule has 0 saturated carbocycles. The van der Waals surface area contributed by atoms with Gasteiger partial charge in [0.05, 0.1) is 10.8 Å². The second-order valence-corrected chi connectivity index (χ2v) is 18.1. The summed E-state index contributed by atoms with van der Waals surface area (Å²) in [6, 6.07) is 0. The number of alkyl halides is 32. The normalized spacial score (nSPS) is 14.1. The summed E-state index contributed by atoms with van der Waals surface area (Å²) >= 11 is 3.70. The lowest BCUT2D eigenvalue weighted by molar-refractivity contribution is -0.459. The Hall–Kier alpha value is -4.39. The third kappa shape index (κ3) is 20.3. The molecule has 1 atom stereocenters. The van der Waals surface area contributed by atoms with E-state index in [1.54, 1.807) is 13.8 Å². The highest BCUT2D eigenvalue weighted by Crippen LogP contribution is 2.66. The van der Waals surface area contributed by atoms with E-state index >= 15 is 0 Å². The van der Waals surface area contributed by atoms with Gasteiger partial charge in [-0.25, -0.2) is 0 Å². The highest BCUT2D eigenvalue weighted by atomic mass is 35.5. The van der Waals surface area contributed by atoms with Crippen LogP contribution in [-0.4, -0.2) is 143 Å². The number of carbonyl (C=O) groups is 4. The Morgan fingerprint density at radius 1 is 0.396 bits per heavy atom. The average Bonchev–Trinajstić information content (AvgIpc) is 3.29. The highest BCUT2D eigenvalue weighted by molar-refractivity contribution is 6.65. The molecule has 0 saturated heterocycles. The molecule has 0 aromatic carbocycles. The first-order chi connectivity index (χ1) is 35.9. The van der Waals surface area contributed by atoms with Gasteiger partial charge < -0.3 is 24.6 Å². The Labute approximate surface area is 503 Å². The van der Waals surface area contributed by atoms with E-state index in [-0.39, 0.29) is 84.6 Å². The van der Waals surface area contributed by atoms with E-state index in [0.717, 1.165) is 6.92 Å². The van der Waals surface area contributed by atoms with Gasteiger partial charge in [0.15, 0.2) is 6.79 Å². The molecule has 0 aliphatic rings. The molecule has 0 fully saturated rings. The minimum atomic E-state index is -8.73. The topological polar surface area (TPSA) is 146 Å². The summed E-state index contributed by atoms with van der Waals surface area (Å²) in [5, 5.41) is 13.2. The van der Waals surface area contributed by atoms with Crippen molar-refractivity contribution in [1.29, 1.82) is 0 Å². The fourth-order valence-corrected chi connectivity index (χ4v) is 5.31. The minimum absolute atomic E-state index is 0. The molecular formula is C46H69ClF34O10. The number of esters is 2. The van der Waals surface area contributed by atoms with Crippen LogP contribution < -0.4 is 0 Å². The predicted octanol–water partition coefficient (Wildman–Crippen LogP) is 19.5. The van der Waals surface area contributed by atoms with E-state index in [2.05, 4.69) is 30.8 Å². The largest absolute Gasteiger partial charge is 0.460 e. The van der Waals surface area contributed by atoms with Gasteiger partial charge in [-0.05, 0) is 51.6 Å². The quantitative estimate of drug-likeness (QED) is 0.0119. The van der Waals surface area contributed by atoms with Gasteiger partial charge in [0, 0.05) is 18.4 Å². The second-order valence-electron chi connectivity index (χ2n) is 17.7. The van der Waals surface area contributed by atoms with Crippen molar-refractivity contribution in [2.75, 3.05) is 20.2 Å². The van der Waals surface area contributed by atoms with Gasteiger partial charge in [0.25, 0.3) is 11.0 Å². The Bertz CT molecular complexity index is 2260. The van der Waals surface area contributed by atoms with Crippen molar-refractivity contribution >= 4 is 34.6 Å². The maximum Gasteiger partial charge on any atom is 0.460 e. The maximum atomic E-state index is 14.1. The summed E-state index contributed by atoms with van der Waals surface area (Å²) in [7, 11) is 0. The molecule has 0 bridgehead atoms. The van der Waals surface area contributed by atoms with E-state index in [4.69, 9.17) is 10.2 Å². The number of aliphatic hydroxyl groups excluding tert-OH is 2. The third-order valence-electron chi connectivity index (χ3n) is 11.0. The zero-order valence-electron chi connectivity index (χ0n) is 41.3. The number of carbonyl (C=O) groups excluding carboxylic acids is 4. The number of ketones is 1. The van der Waals surface area contributed by atoms with Crippen molar-refractivity contribution in [2.45, 2.75) is 223 Å². The Morgan fingerprint density at radius 3 is 0.923 bits per heavy atom. The number of ether oxygens (including phenoxy) is 2. The van der Waals surface area contributed by atoms with E-state index in [0.29, 0.717) is 6.42 Å². The first-order valence-electron chi connectivity index (χ1n) is 20.6. The molecule has 0 aromatic heterocycles. The fraction of sp³-hybridized carbons (Fsp3) is 0.870. The molecule has 558 valence electrons. The van der Waals surface area contributed by atoms with Crippen molar-refractivity contribution in [2.24, 2.45) is 16.2 Å². The maximum absolute atomic E-state index is 14.1. The summed E-state index contributed by atoms with van der Waals surface area (Å²) in [6.07, 6.45) is -20.2. The number of aliphatic hydroxyl groups is 2. The van der Waals surface area contributed by atoms with Gasteiger partial charge in [0.2, 0.25) is 6.79 Å². The summed E-state index contributed by atoms with van der Waals surface area (Å²) in [5.41, 5.74) is -3.52. The van der Waals surface area contributed by atoms with Gasteiger partial charge in [-0.2, -0.15) is 149 Å². The zero-order chi connectivity index (χ0) is 68.2. The lowest BCUT2D eigenvalue weighted by Gasteiger charge is -2.42. The van der Waals surface area contributed by atoms with E-state index < -0.39 is 155 Å². The number of hydrogen-bond acceptors (Lipinski definition) is 10. The van der Waals surface area contributed by atoms with Crippen LogP contribution in [0, 0.1) is 16.2 Å². The molecule has 0 aliphatic carbocycles. The van der Waals surface area contributed by atoms with Crippen molar-refractivity contribution in [3.05, 3.63) is 11.8 Å². The Kier molecular flexibility index (Phi) is 42.5. The number of hydrogen-bond donors (Lipinski definition) is 2. The molecular weight excluding hydrogens is 1390 g/mol. The summed E-state index contributed by atoms with van der Waals surface area (Å²) in [6.45, 7) is 7.49. The molecule has 0 aromatic rings. The highest BCUT2D eigenvalue weighted by Gasteiger charge is 2.97. The number of rotatable bonds is 27. The summed E-state index contributed by atoms with van der Waals surface area (Å²) in [4.78, 5) is 51.9. The van der Waals surface area contributed by atoms with Crippen LogP contribution in [-0.2, 0) is 38.4 Å². The van der Waals surface area contributed by atoms with Crippen LogP contribution >= 0.6 is 11.6 Å². The molecule has 45 heteroatoms. The van der Waals surface area contributed by atoms with Crippen molar-refractivity contribution in [3.63, 3.8) is 0 Å². The van der Waals surface area contributed by atoms with Crippen molar-refractivity contribution < 1.29 is 198 Å². The zero-order valence-corrected chi connectivity index (χ0v) is 42.1. The molecule has 2 N–H and O–H groups in total. The van der Waals surface area contributed by atoms with Crippen LogP contribution in [0.5, 0.6) is 0 Å². The average molecular weight is 1460 g/mol. The molecule has 0 spiro atoms. The first kappa shape index (κ1) is 111. The van der Waals surface area contributed by atoms with Crippen LogP contribution in [0.4, 0.5) is 149 Å². The number of allylic oxidation sites excluding steroid dienone is 1. The van der Waals surface area contributed by atoms with E-state index in [1.165, 1.54) is 20.8 Å². The SMILES string of the molecule is C.C.C.C.C.C.C.C.CCC(C)(C)C(=O)OCO.CCC(C)(CC(C)(C)C(=O)CCO)C(=O)OCOOC(=C(F)F)C(F)(F)C(F)(F)C(F)(F)C(F)(F)C(F)(F)C(F)(F)C(F)(F)F.O=C(Cl)C(F)(F)C(F)(F)C(F)(F)C(F)(F)C(F)(F)C(F)(F)C(F)(F)C(F)(F)F. The van der Waals surface area contributed by atoms with Gasteiger partial charge in [-0.3, -0.25) is 19.2 Å². The molecule has 0 amide bonds. The molecule has 0 aliphatic heterocycles. The standard InChI is InChI=1S/C22H23F17O6.C9ClF17O.C7H14O3.8CH4/c1-5-15(4,8-14(2,3)10(41)6-7-40)13(42)43-9-44-45-11(12(23)24)16(25,26)17(27,28)18(29,30)19(31,32)20(33,34)21(35,36)22(37,38)39;10-1(28)2(11,12)3(13,14)4(15,16)5(17,18)6(19,20)7(21,22)8(23,24)9(25,26)27;1-4-7(2,3)6(9)10-5-8;;;;;;;;/h40H,5-9H2,1-4H3;;8H,4-5H2,1-3H3;8*1H4. The van der Waals surface area contributed by atoms with Crippen LogP contribution in [0.3, 0.4) is 0 Å². The molecule has 1 unspecified atom stereocenters. The molecule has 0 rings (SSSR count). The number of halogens is 35. The third-order valence-corrected chi connectivity index (χ3v) is 11.2. The smallest absolute Gasteiger partial charge is 0.438 e. The first-order valence-corrected chi connectivity index (χ1v) is 21.0. The van der Waals surface area contributed by atoms with Gasteiger partial charge in [-0.1, -0.05) is 87.1 Å². The molecule has 10 nitrogen and oxygen atoms in total. The minimum Gasteiger partial charge on any atom is -0.438 e. The summed E-state index contributed by atoms with van der Waals surface area (Å²) in [5.74, 6) is -115. The van der Waals surface area contributed by atoms with E-state index in [1.807, 2.05) is 6.92 Å². The van der Waals surface area contributed by atoms with E-state index in [9.17, 15) is 168 Å². The predicted molar refractivity (Wildman–Crippen MR) is 254 cm³/mol. The van der Waals surface area contributed by atoms with Gasteiger partial charge >= 0.3 is 107 Å². The summed E-state index contributed by atoms with van der Waals surface area (Å²) < 4.78 is 449. The van der Waals surface area contributed by atoms with Crippen LogP contribution in [0.1, 0.15) is 134 Å². The van der Waals surface area contributed by atoms with Crippen LogP contribution in [0.2, 0.25) is 0 Å². The monoisotopic (exact) mass is 1460 g/mol. The lowest BCUT2D eigenvalue weighted by atomic mass is 9.70. The Morgan fingerprint density at radius 2 is 0.681 bits per heavy atom. The Balaban J connectivity index is -0.000000133. The molecule has 0 heterocycles. The second kappa shape index (κ2) is 34.9. The van der Waals surface area contributed by atoms with Crippen LogP contribution in [0.25, 0.3) is 0 Å². The van der Waals surface area contributed by atoms with Crippen molar-refractivity contribution in [3.8, 4) is 0 Å². The molecule has 0 radical (unpaired) electrons. The molecule has 91 heavy (non-hydrogen) atoms. The van der Waals surface area contributed by atoms with Crippen LogP contribution in [0.15, 0.2) is 11.8 Å². The van der Waals surface area contributed by atoms with Gasteiger partial charge in [0.1, 0.15) is 5.78 Å². The number of Topliss-reactive ketones (excluding diaryl/α,β-unsaturated/α-hetero) is 1.